The second kappa shape index (κ2) is 6.95. The topological polar surface area (TPSA) is 26.8 Å². The van der Waals surface area contributed by atoms with Gasteiger partial charge in [0.1, 0.15) is 0 Å². The van der Waals surface area contributed by atoms with Crippen molar-refractivity contribution < 1.29 is 4.79 Å². The summed E-state index contributed by atoms with van der Waals surface area (Å²) in [6.07, 6.45) is 0. The predicted octanol–water partition coefficient (Wildman–Crippen LogP) is 3.02. The van der Waals surface area contributed by atoms with Gasteiger partial charge in [0.2, 0.25) is 0 Å². The Morgan fingerprint density at radius 1 is 0.917 bits per heavy atom. The van der Waals surface area contributed by atoms with E-state index in [4.69, 9.17) is 0 Å². The molecule has 126 valence electrons. The van der Waals surface area contributed by atoms with Gasteiger partial charge in [0, 0.05) is 57.2 Å². The fraction of sp³-hybridized carbons (Fsp3) is 0.350. The molecule has 4 heteroatoms. The third-order valence-electron chi connectivity index (χ3n) is 4.67. The van der Waals surface area contributed by atoms with Crippen LogP contribution < -0.4 is 9.80 Å². The normalized spacial score (nSPS) is 14.6. The quantitative estimate of drug-likeness (QED) is 0.869. The number of hydrogen-bond donors (Lipinski definition) is 0. The number of hydrogen-bond acceptors (Lipinski definition) is 3. The Bertz CT molecular complexity index is 701. The van der Waals surface area contributed by atoms with Crippen molar-refractivity contribution in [3.05, 3.63) is 59.7 Å². The summed E-state index contributed by atoms with van der Waals surface area (Å²) in [5.74, 6) is 0.149. The molecule has 4 nitrogen and oxygen atoms in total. The molecule has 0 aromatic heterocycles. The van der Waals surface area contributed by atoms with Gasteiger partial charge in [-0.1, -0.05) is 18.2 Å². The van der Waals surface area contributed by atoms with Crippen LogP contribution in [0.2, 0.25) is 0 Å². The Morgan fingerprint density at radius 2 is 1.54 bits per heavy atom. The highest BCUT2D eigenvalue weighted by Crippen LogP contribution is 2.21. The fourth-order valence-electron chi connectivity index (χ4n) is 3.11. The van der Waals surface area contributed by atoms with Gasteiger partial charge in [0.05, 0.1) is 0 Å². The van der Waals surface area contributed by atoms with Gasteiger partial charge in [-0.05, 0) is 42.8 Å². The van der Waals surface area contributed by atoms with Crippen molar-refractivity contribution in [3.63, 3.8) is 0 Å². The molecule has 2 aromatic carbocycles. The molecule has 1 heterocycles. The zero-order valence-electron chi connectivity index (χ0n) is 14.7. The van der Waals surface area contributed by atoms with E-state index in [1.807, 2.05) is 50.2 Å². The maximum absolute atomic E-state index is 12.7. The molecule has 1 aliphatic heterocycles. The summed E-state index contributed by atoms with van der Waals surface area (Å²) in [4.78, 5) is 19.1. The maximum atomic E-state index is 12.7. The van der Waals surface area contributed by atoms with E-state index in [0.29, 0.717) is 0 Å². The lowest BCUT2D eigenvalue weighted by Crippen LogP contribution is -2.48. The van der Waals surface area contributed by atoms with Crippen LogP contribution >= 0.6 is 0 Å². The first-order chi connectivity index (χ1) is 11.6. The van der Waals surface area contributed by atoms with Crippen LogP contribution in [0.3, 0.4) is 0 Å². The minimum Gasteiger partial charge on any atom is -0.378 e. The van der Waals surface area contributed by atoms with E-state index in [0.717, 1.165) is 37.3 Å². The summed E-state index contributed by atoms with van der Waals surface area (Å²) in [6, 6.07) is 16.4. The molecule has 0 unspecified atom stereocenters. The van der Waals surface area contributed by atoms with E-state index in [1.54, 1.807) is 0 Å². The van der Waals surface area contributed by atoms with Crippen molar-refractivity contribution in [2.45, 2.75) is 6.92 Å². The van der Waals surface area contributed by atoms with Gasteiger partial charge in [0.25, 0.3) is 5.91 Å². The molecule has 0 atom stereocenters. The first kappa shape index (κ1) is 16.4. The molecular formula is C20H25N3O. The number of aryl methyl sites for hydroxylation is 1. The molecule has 0 bridgehead atoms. The number of anilines is 2. The second-order valence-electron chi connectivity index (χ2n) is 6.50. The molecular weight excluding hydrogens is 298 g/mol. The van der Waals surface area contributed by atoms with Crippen LogP contribution in [-0.4, -0.2) is 51.1 Å². The van der Waals surface area contributed by atoms with Crippen molar-refractivity contribution in [3.8, 4) is 0 Å². The third kappa shape index (κ3) is 3.37. The Hall–Kier alpha value is -2.49. The van der Waals surface area contributed by atoms with Crippen LogP contribution in [-0.2, 0) is 0 Å². The van der Waals surface area contributed by atoms with Crippen LogP contribution in [0.25, 0.3) is 0 Å². The minimum atomic E-state index is 0.149. The lowest BCUT2D eigenvalue weighted by molar-refractivity contribution is 0.0746. The molecule has 0 saturated carbocycles. The summed E-state index contributed by atoms with van der Waals surface area (Å²) < 4.78 is 0. The number of carbonyl (C=O) groups is 1. The SMILES string of the molecule is Cc1ccccc1C(=O)N1CCN(c2ccc(N(C)C)cc2)CC1. The summed E-state index contributed by atoms with van der Waals surface area (Å²) in [7, 11) is 4.09. The Labute approximate surface area is 144 Å². The number of piperazine rings is 1. The minimum absolute atomic E-state index is 0.149. The summed E-state index contributed by atoms with van der Waals surface area (Å²) in [5.41, 5.74) is 4.29. The van der Waals surface area contributed by atoms with Crippen LogP contribution in [0.5, 0.6) is 0 Å². The number of benzene rings is 2. The smallest absolute Gasteiger partial charge is 0.254 e. The van der Waals surface area contributed by atoms with Crippen molar-refractivity contribution in [2.24, 2.45) is 0 Å². The number of carbonyl (C=O) groups excluding carboxylic acids is 1. The molecule has 1 amide bonds. The largest absolute Gasteiger partial charge is 0.378 e. The highest BCUT2D eigenvalue weighted by atomic mass is 16.2. The van der Waals surface area contributed by atoms with Gasteiger partial charge in [-0.2, -0.15) is 0 Å². The zero-order valence-corrected chi connectivity index (χ0v) is 14.7. The van der Waals surface area contributed by atoms with E-state index in [2.05, 4.69) is 34.1 Å². The predicted molar refractivity (Wildman–Crippen MR) is 100 cm³/mol. The second-order valence-corrected chi connectivity index (χ2v) is 6.50. The van der Waals surface area contributed by atoms with E-state index in [1.165, 1.54) is 11.4 Å². The summed E-state index contributed by atoms with van der Waals surface area (Å²) >= 11 is 0. The molecule has 2 aromatic rings. The molecule has 3 rings (SSSR count). The molecule has 1 aliphatic rings. The van der Waals surface area contributed by atoms with Gasteiger partial charge in [-0.25, -0.2) is 0 Å². The van der Waals surface area contributed by atoms with Crippen molar-refractivity contribution >= 4 is 17.3 Å². The van der Waals surface area contributed by atoms with Gasteiger partial charge in [-0.3, -0.25) is 4.79 Å². The Morgan fingerprint density at radius 3 is 2.12 bits per heavy atom. The monoisotopic (exact) mass is 323 g/mol. The van der Waals surface area contributed by atoms with Gasteiger partial charge in [-0.15, -0.1) is 0 Å². The first-order valence-electron chi connectivity index (χ1n) is 8.43. The van der Waals surface area contributed by atoms with Crippen LogP contribution in [0, 0.1) is 6.92 Å². The number of nitrogens with zero attached hydrogens (tertiary/aromatic N) is 3. The first-order valence-corrected chi connectivity index (χ1v) is 8.43. The average Bonchev–Trinajstić information content (AvgIpc) is 2.62. The van der Waals surface area contributed by atoms with E-state index < -0.39 is 0 Å². The third-order valence-corrected chi connectivity index (χ3v) is 4.67. The Kier molecular flexibility index (Phi) is 4.74. The van der Waals surface area contributed by atoms with Crippen LogP contribution in [0.4, 0.5) is 11.4 Å². The molecule has 0 radical (unpaired) electrons. The molecule has 24 heavy (non-hydrogen) atoms. The standard InChI is InChI=1S/C20H25N3O/c1-16-6-4-5-7-19(16)20(24)23-14-12-22(13-15-23)18-10-8-17(9-11-18)21(2)3/h4-11H,12-15H2,1-3H3. The molecule has 0 N–H and O–H groups in total. The van der Waals surface area contributed by atoms with Crippen molar-refractivity contribution in [1.29, 1.82) is 0 Å². The fourth-order valence-corrected chi connectivity index (χ4v) is 3.11. The van der Waals surface area contributed by atoms with Crippen LogP contribution in [0.15, 0.2) is 48.5 Å². The molecule has 1 saturated heterocycles. The Balaban J connectivity index is 1.63. The van der Waals surface area contributed by atoms with Gasteiger partial charge < -0.3 is 14.7 Å². The number of rotatable bonds is 3. The lowest BCUT2D eigenvalue weighted by atomic mass is 10.1. The molecule has 1 fully saturated rings. The van der Waals surface area contributed by atoms with Crippen LogP contribution in [0.1, 0.15) is 15.9 Å². The molecule has 0 aliphatic carbocycles. The highest BCUT2D eigenvalue weighted by molar-refractivity contribution is 5.95. The zero-order chi connectivity index (χ0) is 17.1. The van der Waals surface area contributed by atoms with Gasteiger partial charge in [0.15, 0.2) is 0 Å². The highest BCUT2D eigenvalue weighted by Gasteiger charge is 2.23. The van der Waals surface area contributed by atoms with E-state index in [-0.39, 0.29) is 5.91 Å². The van der Waals surface area contributed by atoms with Crippen molar-refractivity contribution in [1.82, 2.24) is 4.90 Å². The maximum Gasteiger partial charge on any atom is 0.254 e. The molecule has 0 spiro atoms. The van der Waals surface area contributed by atoms with E-state index in [9.17, 15) is 4.79 Å². The number of amides is 1. The van der Waals surface area contributed by atoms with Crippen molar-refractivity contribution in [2.75, 3.05) is 50.1 Å². The summed E-state index contributed by atoms with van der Waals surface area (Å²) in [5, 5.41) is 0. The lowest BCUT2D eigenvalue weighted by Gasteiger charge is -2.36. The van der Waals surface area contributed by atoms with Gasteiger partial charge >= 0.3 is 0 Å². The summed E-state index contributed by atoms with van der Waals surface area (Å²) in [6.45, 7) is 5.28. The average molecular weight is 323 g/mol. The van der Waals surface area contributed by atoms with E-state index >= 15 is 0 Å².